The number of halogens is 1. The molecule has 3 rings (SSSR count). The highest BCUT2D eigenvalue weighted by Crippen LogP contribution is 2.22. The van der Waals surface area contributed by atoms with Crippen molar-refractivity contribution in [3.05, 3.63) is 29.8 Å². The standard InChI is InChI=1S/C20H30N2O3.ClH/c21-19(16-9-11-24-12-10-16)20(23)22-17-6-4-5-15(13-17)14-25-18-7-2-1-3-8-18;/h4-6,13,16,18-19H,1-3,7-12,14,21H2,(H,22,23);1H. The molecule has 2 aliphatic rings. The number of anilines is 1. The maximum Gasteiger partial charge on any atom is 0.241 e. The van der Waals surface area contributed by atoms with Crippen LogP contribution < -0.4 is 11.1 Å². The molecule has 5 nitrogen and oxygen atoms in total. The second kappa shape index (κ2) is 10.9. The molecule has 1 aromatic carbocycles. The fourth-order valence-corrected chi connectivity index (χ4v) is 3.70. The van der Waals surface area contributed by atoms with E-state index in [9.17, 15) is 4.79 Å². The Morgan fingerprint density at radius 1 is 1.19 bits per heavy atom. The van der Waals surface area contributed by atoms with Crippen molar-refractivity contribution in [2.24, 2.45) is 11.7 Å². The number of nitrogens with two attached hydrogens (primary N) is 1. The fraction of sp³-hybridized carbons (Fsp3) is 0.650. The molecule has 26 heavy (non-hydrogen) atoms. The largest absolute Gasteiger partial charge is 0.381 e. The SMILES string of the molecule is Cl.NC(C(=O)Nc1cccc(COC2CCCCC2)c1)C1CCOCC1. The van der Waals surface area contributed by atoms with E-state index < -0.39 is 6.04 Å². The van der Waals surface area contributed by atoms with E-state index in [1.54, 1.807) is 0 Å². The summed E-state index contributed by atoms with van der Waals surface area (Å²) >= 11 is 0. The van der Waals surface area contributed by atoms with Gasteiger partial charge in [-0.15, -0.1) is 12.4 Å². The van der Waals surface area contributed by atoms with Gasteiger partial charge in [-0.05, 0) is 49.3 Å². The normalized spacial score (nSPS) is 20.2. The lowest BCUT2D eigenvalue weighted by molar-refractivity contribution is -0.119. The first-order valence-electron chi connectivity index (χ1n) is 9.57. The van der Waals surface area contributed by atoms with Gasteiger partial charge in [0.2, 0.25) is 5.91 Å². The molecule has 1 aliphatic heterocycles. The van der Waals surface area contributed by atoms with Crippen molar-refractivity contribution >= 4 is 24.0 Å². The summed E-state index contributed by atoms with van der Waals surface area (Å²) in [5.41, 5.74) is 8.02. The maximum atomic E-state index is 12.4. The summed E-state index contributed by atoms with van der Waals surface area (Å²) in [6.07, 6.45) is 8.28. The van der Waals surface area contributed by atoms with Gasteiger partial charge in [-0.2, -0.15) is 0 Å². The van der Waals surface area contributed by atoms with Crippen LogP contribution in [0.4, 0.5) is 5.69 Å². The lowest BCUT2D eigenvalue weighted by Gasteiger charge is -2.26. The zero-order valence-electron chi connectivity index (χ0n) is 15.3. The zero-order valence-corrected chi connectivity index (χ0v) is 16.1. The first kappa shape index (κ1) is 21.2. The Morgan fingerprint density at radius 3 is 2.65 bits per heavy atom. The van der Waals surface area contributed by atoms with Crippen LogP contribution in [0, 0.1) is 5.92 Å². The number of amides is 1. The van der Waals surface area contributed by atoms with Crippen LogP contribution in [0.25, 0.3) is 0 Å². The Bertz CT molecular complexity index is 558. The lowest BCUT2D eigenvalue weighted by atomic mass is 9.92. The van der Waals surface area contributed by atoms with Crippen LogP contribution in [0.3, 0.4) is 0 Å². The van der Waals surface area contributed by atoms with Gasteiger partial charge in [0.1, 0.15) is 0 Å². The van der Waals surface area contributed by atoms with Gasteiger partial charge < -0.3 is 20.5 Å². The summed E-state index contributed by atoms with van der Waals surface area (Å²) in [4.78, 5) is 12.4. The van der Waals surface area contributed by atoms with E-state index >= 15 is 0 Å². The molecule has 1 unspecified atom stereocenters. The Morgan fingerprint density at radius 2 is 1.92 bits per heavy atom. The molecule has 3 N–H and O–H groups in total. The number of ether oxygens (including phenoxy) is 2. The maximum absolute atomic E-state index is 12.4. The molecular weight excluding hydrogens is 352 g/mol. The fourth-order valence-electron chi connectivity index (χ4n) is 3.70. The number of hydrogen-bond acceptors (Lipinski definition) is 4. The van der Waals surface area contributed by atoms with Gasteiger partial charge in [0.15, 0.2) is 0 Å². The molecule has 1 aliphatic carbocycles. The number of rotatable bonds is 6. The summed E-state index contributed by atoms with van der Waals surface area (Å²) in [6.45, 7) is 1.99. The van der Waals surface area contributed by atoms with Crippen molar-refractivity contribution in [1.82, 2.24) is 0 Å². The highest BCUT2D eigenvalue weighted by atomic mass is 35.5. The van der Waals surface area contributed by atoms with E-state index in [-0.39, 0.29) is 24.2 Å². The van der Waals surface area contributed by atoms with E-state index in [4.69, 9.17) is 15.2 Å². The van der Waals surface area contributed by atoms with Crippen LogP contribution in [0.5, 0.6) is 0 Å². The summed E-state index contributed by atoms with van der Waals surface area (Å²) in [6, 6.07) is 7.40. The number of carbonyl (C=O) groups is 1. The topological polar surface area (TPSA) is 73.6 Å². The van der Waals surface area contributed by atoms with E-state index in [0.29, 0.717) is 25.9 Å². The van der Waals surface area contributed by atoms with Crippen molar-refractivity contribution < 1.29 is 14.3 Å². The molecule has 0 aromatic heterocycles. The van der Waals surface area contributed by atoms with Gasteiger partial charge in [0.05, 0.1) is 18.8 Å². The quantitative estimate of drug-likeness (QED) is 0.787. The molecule has 2 fully saturated rings. The van der Waals surface area contributed by atoms with Crippen molar-refractivity contribution in [1.29, 1.82) is 0 Å². The first-order valence-corrected chi connectivity index (χ1v) is 9.57. The average Bonchev–Trinajstić information content (AvgIpc) is 2.67. The Kier molecular flexibility index (Phi) is 8.85. The van der Waals surface area contributed by atoms with Crippen molar-refractivity contribution in [2.45, 2.75) is 63.7 Å². The second-order valence-electron chi connectivity index (χ2n) is 7.24. The predicted molar refractivity (Wildman–Crippen MR) is 106 cm³/mol. The minimum Gasteiger partial charge on any atom is -0.381 e. The Balaban J connectivity index is 0.00000243. The Labute approximate surface area is 162 Å². The van der Waals surface area contributed by atoms with Crippen LogP contribution in [0.1, 0.15) is 50.5 Å². The lowest BCUT2D eigenvalue weighted by Crippen LogP contribution is -2.44. The first-order chi connectivity index (χ1) is 12.2. The molecule has 1 atom stereocenters. The molecule has 0 radical (unpaired) electrons. The third-order valence-electron chi connectivity index (χ3n) is 5.31. The molecular formula is C20H31ClN2O3. The Hall–Kier alpha value is -1.14. The van der Waals surface area contributed by atoms with Gasteiger partial charge in [-0.25, -0.2) is 0 Å². The van der Waals surface area contributed by atoms with Crippen LogP contribution >= 0.6 is 12.4 Å². The number of hydrogen-bond donors (Lipinski definition) is 2. The van der Waals surface area contributed by atoms with E-state index in [1.165, 1.54) is 19.3 Å². The molecule has 146 valence electrons. The molecule has 6 heteroatoms. The van der Waals surface area contributed by atoms with E-state index in [2.05, 4.69) is 5.32 Å². The molecule has 1 heterocycles. The summed E-state index contributed by atoms with van der Waals surface area (Å²) in [5, 5.41) is 2.96. The molecule has 0 bridgehead atoms. The van der Waals surface area contributed by atoms with E-state index in [0.717, 1.165) is 36.9 Å². The van der Waals surface area contributed by atoms with Crippen LogP contribution in [0.2, 0.25) is 0 Å². The molecule has 1 saturated carbocycles. The number of benzene rings is 1. The second-order valence-corrected chi connectivity index (χ2v) is 7.24. The summed E-state index contributed by atoms with van der Waals surface area (Å²) in [5.74, 6) is 0.0869. The highest BCUT2D eigenvalue weighted by Gasteiger charge is 2.26. The smallest absolute Gasteiger partial charge is 0.241 e. The van der Waals surface area contributed by atoms with Crippen LogP contribution in [0.15, 0.2) is 24.3 Å². The number of nitrogens with one attached hydrogen (secondary N) is 1. The van der Waals surface area contributed by atoms with Gasteiger partial charge in [0, 0.05) is 18.9 Å². The van der Waals surface area contributed by atoms with Gasteiger partial charge >= 0.3 is 0 Å². The highest BCUT2D eigenvalue weighted by molar-refractivity contribution is 5.94. The monoisotopic (exact) mass is 382 g/mol. The third-order valence-corrected chi connectivity index (χ3v) is 5.31. The number of carbonyl (C=O) groups excluding carboxylic acids is 1. The van der Waals surface area contributed by atoms with E-state index in [1.807, 2.05) is 24.3 Å². The zero-order chi connectivity index (χ0) is 17.5. The van der Waals surface area contributed by atoms with Crippen LogP contribution in [-0.2, 0) is 20.9 Å². The summed E-state index contributed by atoms with van der Waals surface area (Å²) < 4.78 is 11.4. The van der Waals surface area contributed by atoms with Crippen molar-refractivity contribution in [2.75, 3.05) is 18.5 Å². The third kappa shape index (κ3) is 6.23. The average molecular weight is 383 g/mol. The molecule has 1 aromatic rings. The molecule has 0 spiro atoms. The van der Waals surface area contributed by atoms with Crippen molar-refractivity contribution in [3.8, 4) is 0 Å². The minimum atomic E-state index is -0.481. The molecule has 1 amide bonds. The minimum absolute atomic E-state index is 0. The summed E-state index contributed by atoms with van der Waals surface area (Å²) in [7, 11) is 0. The van der Waals surface area contributed by atoms with Crippen molar-refractivity contribution in [3.63, 3.8) is 0 Å². The van der Waals surface area contributed by atoms with Gasteiger partial charge in [-0.3, -0.25) is 4.79 Å². The molecule has 1 saturated heterocycles. The van der Waals surface area contributed by atoms with Gasteiger partial charge in [0.25, 0.3) is 0 Å². The van der Waals surface area contributed by atoms with Crippen LogP contribution in [-0.4, -0.2) is 31.3 Å². The van der Waals surface area contributed by atoms with Gasteiger partial charge in [-0.1, -0.05) is 31.4 Å². The predicted octanol–water partition coefficient (Wildman–Crippen LogP) is 3.65.